The smallest absolute Gasteiger partial charge is 0.306 e. The lowest BCUT2D eigenvalue weighted by Crippen LogP contribution is -2.36. The average molecular weight is 367 g/mol. The van der Waals surface area contributed by atoms with Crippen molar-refractivity contribution in [1.82, 2.24) is 0 Å². The molecular formula is C21H21NO5. The van der Waals surface area contributed by atoms with Gasteiger partial charge in [0, 0.05) is 23.1 Å². The molecule has 0 fully saturated rings. The number of aryl methyl sites for hydroxylation is 1. The van der Waals surface area contributed by atoms with Crippen LogP contribution < -0.4 is 0 Å². The number of non-ortho nitro benzene ring substituents is 1. The number of carbonyl (C=O) groups is 2. The summed E-state index contributed by atoms with van der Waals surface area (Å²) in [6, 6.07) is 11.9. The number of nitro benzene ring substituents is 1. The van der Waals surface area contributed by atoms with E-state index in [4.69, 9.17) is 4.74 Å². The maximum absolute atomic E-state index is 13.0. The first-order chi connectivity index (χ1) is 12.8. The highest BCUT2D eigenvalue weighted by Gasteiger charge is 2.40. The minimum atomic E-state index is -0.742. The first-order valence-corrected chi connectivity index (χ1v) is 8.92. The number of benzene rings is 2. The number of hydrogen-bond donors (Lipinski definition) is 0. The van der Waals surface area contributed by atoms with E-state index in [2.05, 4.69) is 0 Å². The molecule has 27 heavy (non-hydrogen) atoms. The van der Waals surface area contributed by atoms with Gasteiger partial charge in [-0.05, 0) is 48.6 Å². The van der Waals surface area contributed by atoms with E-state index in [0.717, 1.165) is 16.7 Å². The van der Waals surface area contributed by atoms with Gasteiger partial charge < -0.3 is 4.74 Å². The van der Waals surface area contributed by atoms with Gasteiger partial charge in [0.2, 0.25) is 0 Å². The molecule has 0 amide bonds. The summed E-state index contributed by atoms with van der Waals surface area (Å²) in [4.78, 5) is 35.2. The fourth-order valence-electron chi connectivity index (χ4n) is 3.53. The molecule has 2 aromatic carbocycles. The van der Waals surface area contributed by atoms with Gasteiger partial charge in [-0.1, -0.05) is 25.1 Å². The fourth-order valence-corrected chi connectivity index (χ4v) is 3.53. The van der Waals surface area contributed by atoms with Crippen LogP contribution in [0.2, 0.25) is 0 Å². The van der Waals surface area contributed by atoms with Crippen molar-refractivity contribution in [2.75, 3.05) is 6.61 Å². The number of carbonyl (C=O) groups excluding carboxylic acids is 2. The van der Waals surface area contributed by atoms with Gasteiger partial charge >= 0.3 is 5.97 Å². The van der Waals surface area contributed by atoms with Crippen molar-refractivity contribution in [3.05, 3.63) is 63.7 Å². The van der Waals surface area contributed by atoms with Gasteiger partial charge in [-0.25, -0.2) is 0 Å². The number of ether oxygens (including phenoxy) is 1. The third-order valence-corrected chi connectivity index (χ3v) is 5.10. The van der Waals surface area contributed by atoms with Crippen LogP contribution in [-0.2, 0) is 16.0 Å². The van der Waals surface area contributed by atoms with Crippen LogP contribution in [-0.4, -0.2) is 23.3 Å². The summed E-state index contributed by atoms with van der Waals surface area (Å²) in [5.74, 6) is -0.383. The van der Waals surface area contributed by atoms with Crippen LogP contribution >= 0.6 is 0 Å². The lowest BCUT2D eigenvalue weighted by Gasteiger charge is -2.32. The second kappa shape index (κ2) is 7.31. The highest BCUT2D eigenvalue weighted by molar-refractivity contribution is 6.04. The van der Waals surface area contributed by atoms with Crippen molar-refractivity contribution in [2.24, 2.45) is 5.41 Å². The molecule has 1 atom stereocenters. The van der Waals surface area contributed by atoms with E-state index in [1.807, 2.05) is 19.1 Å². The summed E-state index contributed by atoms with van der Waals surface area (Å²) in [5.41, 5.74) is 2.65. The molecule has 0 radical (unpaired) electrons. The Labute approximate surface area is 157 Å². The molecule has 140 valence electrons. The van der Waals surface area contributed by atoms with Crippen LogP contribution in [0.4, 0.5) is 5.69 Å². The van der Waals surface area contributed by atoms with Crippen molar-refractivity contribution in [1.29, 1.82) is 0 Å². The summed E-state index contributed by atoms with van der Waals surface area (Å²) >= 11 is 0. The molecule has 0 N–H and O–H groups in total. The van der Waals surface area contributed by atoms with E-state index in [0.29, 0.717) is 25.0 Å². The van der Waals surface area contributed by atoms with Crippen LogP contribution in [0.5, 0.6) is 0 Å². The molecule has 3 rings (SSSR count). The predicted molar refractivity (Wildman–Crippen MR) is 101 cm³/mol. The lowest BCUT2D eigenvalue weighted by atomic mass is 9.69. The van der Waals surface area contributed by atoms with Crippen molar-refractivity contribution >= 4 is 17.4 Å². The number of hydrogen-bond acceptors (Lipinski definition) is 5. The zero-order valence-corrected chi connectivity index (χ0v) is 15.4. The predicted octanol–water partition coefficient (Wildman–Crippen LogP) is 4.35. The lowest BCUT2D eigenvalue weighted by molar-refractivity contribution is -0.384. The molecule has 0 saturated heterocycles. The number of ketones is 1. The normalized spacial score (nSPS) is 18.7. The molecule has 0 aromatic heterocycles. The van der Waals surface area contributed by atoms with Crippen molar-refractivity contribution in [3.8, 4) is 11.1 Å². The molecule has 1 unspecified atom stereocenters. The van der Waals surface area contributed by atoms with Crippen molar-refractivity contribution in [3.63, 3.8) is 0 Å². The van der Waals surface area contributed by atoms with Gasteiger partial charge in [-0.2, -0.15) is 0 Å². The monoisotopic (exact) mass is 367 g/mol. The molecule has 0 bridgehead atoms. The molecule has 0 aliphatic heterocycles. The number of esters is 1. The molecule has 6 nitrogen and oxygen atoms in total. The Morgan fingerprint density at radius 1 is 1.19 bits per heavy atom. The van der Waals surface area contributed by atoms with Gasteiger partial charge in [0.05, 0.1) is 18.0 Å². The van der Waals surface area contributed by atoms with E-state index in [1.54, 1.807) is 25.1 Å². The van der Waals surface area contributed by atoms with Crippen LogP contribution in [0.25, 0.3) is 11.1 Å². The van der Waals surface area contributed by atoms with Crippen LogP contribution in [0.15, 0.2) is 42.5 Å². The van der Waals surface area contributed by atoms with E-state index in [1.165, 1.54) is 12.1 Å². The van der Waals surface area contributed by atoms with E-state index < -0.39 is 10.3 Å². The minimum absolute atomic E-state index is 0.0351. The fraction of sp³-hybridized carbons (Fsp3) is 0.333. The summed E-state index contributed by atoms with van der Waals surface area (Å²) in [6.45, 7) is 3.87. The molecule has 0 spiro atoms. The van der Waals surface area contributed by atoms with Crippen LogP contribution in [0.1, 0.15) is 42.6 Å². The largest absolute Gasteiger partial charge is 0.466 e. The molecular weight excluding hydrogens is 346 g/mol. The van der Waals surface area contributed by atoms with Crippen LogP contribution in [0, 0.1) is 15.5 Å². The first-order valence-electron chi connectivity index (χ1n) is 8.92. The highest BCUT2D eigenvalue weighted by Crippen LogP contribution is 2.39. The number of nitrogens with zero attached hydrogens (tertiary/aromatic N) is 1. The van der Waals surface area contributed by atoms with Gasteiger partial charge in [0.25, 0.3) is 5.69 Å². The third kappa shape index (κ3) is 3.74. The Morgan fingerprint density at radius 2 is 1.85 bits per heavy atom. The summed E-state index contributed by atoms with van der Waals surface area (Å²) < 4.78 is 5.01. The SMILES string of the molecule is CCOC(=O)CC1(C)CCc2cc(-c3ccc([N+](=O)[O-])cc3)ccc2C1=O. The van der Waals surface area contributed by atoms with Gasteiger partial charge in [0.15, 0.2) is 5.78 Å². The van der Waals surface area contributed by atoms with Crippen molar-refractivity contribution < 1.29 is 19.2 Å². The Kier molecular flexibility index (Phi) is 5.08. The van der Waals surface area contributed by atoms with E-state index in [9.17, 15) is 19.7 Å². The second-order valence-corrected chi connectivity index (χ2v) is 7.05. The topological polar surface area (TPSA) is 86.5 Å². The molecule has 0 saturated carbocycles. The summed E-state index contributed by atoms with van der Waals surface area (Å²) in [7, 11) is 0. The quantitative estimate of drug-likeness (QED) is 0.445. The zero-order chi connectivity index (χ0) is 19.6. The standard InChI is InChI=1S/C21H21NO5/c1-3-27-19(23)13-21(2)11-10-16-12-15(6-9-18(16)20(21)24)14-4-7-17(8-5-14)22(25)26/h4-9,12H,3,10-11,13H2,1-2H3. The van der Waals surface area contributed by atoms with Crippen LogP contribution in [0.3, 0.4) is 0 Å². The maximum atomic E-state index is 13.0. The van der Waals surface area contributed by atoms with Crippen molar-refractivity contribution in [2.45, 2.75) is 33.1 Å². The minimum Gasteiger partial charge on any atom is -0.466 e. The molecule has 1 aliphatic carbocycles. The summed E-state index contributed by atoms with van der Waals surface area (Å²) in [6.07, 6.45) is 1.36. The molecule has 1 aliphatic rings. The maximum Gasteiger partial charge on any atom is 0.306 e. The number of Topliss-reactive ketones (excluding diaryl/α,β-unsaturated/α-hetero) is 1. The van der Waals surface area contributed by atoms with Gasteiger partial charge in [-0.15, -0.1) is 0 Å². The Bertz CT molecular complexity index is 903. The van der Waals surface area contributed by atoms with E-state index >= 15 is 0 Å². The zero-order valence-electron chi connectivity index (χ0n) is 15.4. The highest BCUT2D eigenvalue weighted by atomic mass is 16.6. The Morgan fingerprint density at radius 3 is 2.48 bits per heavy atom. The Balaban J connectivity index is 1.86. The third-order valence-electron chi connectivity index (χ3n) is 5.10. The molecule has 6 heteroatoms. The number of rotatable bonds is 5. The first kappa shape index (κ1) is 18.8. The Hall–Kier alpha value is -3.02. The molecule has 2 aromatic rings. The van der Waals surface area contributed by atoms with Gasteiger partial charge in [-0.3, -0.25) is 19.7 Å². The number of fused-ring (bicyclic) bond motifs is 1. The second-order valence-electron chi connectivity index (χ2n) is 7.05. The van der Waals surface area contributed by atoms with E-state index in [-0.39, 0.29) is 23.9 Å². The average Bonchev–Trinajstić information content (AvgIpc) is 2.65. The molecule has 0 heterocycles. The number of nitro groups is 1. The summed E-state index contributed by atoms with van der Waals surface area (Å²) in [5, 5.41) is 10.8. The van der Waals surface area contributed by atoms with Gasteiger partial charge in [0.1, 0.15) is 0 Å².